The quantitative estimate of drug-likeness (QED) is 0.713. The van der Waals surface area contributed by atoms with Crippen LogP contribution in [0.25, 0.3) is 0 Å². The van der Waals surface area contributed by atoms with Crippen molar-refractivity contribution < 1.29 is 9.21 Å². The van der Waals surface area contributed by atoms with Gasteiger partial charge in [-0.15, -0.1) is 16.7 Å². The molecular weight excluding hydrogens is 208 g/mol. The topological polar surface area (TPSA) is 80.0 Å². The standard InChI is InChI=1S/C7H11ClN4O2/c1-4(6(13)9-2)10-7-12-11-5(3-8)14-7/h4H,3H2,1-2H3,(H,9,13)(H,10,12). The summed E-state index contributed by atoms with van der Waals surface area (Å²) >= 11 is 5.46. The maximum atomic E-state index is 11.1. The zero-order chi connectivity index (χ0) is 10.6. The van der Waals surface area contributed by atoms with Crippen LogP contribution in [0.3, 0.4) is 0 Å². The van der Waals surface area contributed by atoms with Crippen molar-refractivity contribution in [3.05, 3.63) is 5.89 Å². The normalized spacial score (nSPS) is 12.2. The van der Waals surface area contributed by atoms with E-state index >= 15 is 0 Å². The highest BCUT2D eigenvalue weighted by Gasteiger charge is 2.13. The molecule has 78 valence electrons. The van der Waals surface area contributed by atoms with Gasteiger partial charge in [-0.05, 0) is 6.92 Å². The van der Waals surface area contributed by atoms with E-state index in [1.807, 2.05) is 0 Å². The molecule has 7 heteroatoms. The summed E-state index contributed by atoms with van der Waals surface area (Å²) in [5.74, 6) is 0.317. The summed E-state index contributed by atoms with van der Waals surface area (Å²) in [7, 11) is 1.55. The van der Waals surface area contributed by atoms with E-state index in [0.717, 1.165) is 0 Å². The predicted molar refractivity (Wildman–Crippen MR) is 51.0 cm³/mol. The second-order valence-electron chi connectivity index (χ2n) is 2.61. The first-order chi connectivity index (χ1) is 6.67. The molecule has 0 radical (unpaired) electrons. The lowest BCUT2D eigenvalue weighted by Gasteiger charge is -2.08. The summed E-state index contributed by atoms with van der Waals surface area (Å²) in [5, 5.41) is 12.5. The van der Waals surface area contributed by atoms with Gasteiger partial charge in [0.25, 0.3) is 0 Å². The Morgan fingerprint density at radius 3 is 2.86 bits per heavy atom. The van der Waals surface area contributed by atoms with Crippen LogP contribution in [0.5, 0.6) is 0 Å². The maximum absolute atomic E-state index is 11.1. The van der Waals surface area contributed by atoms with Crippen LogP contribution in [-0.2, 0) is 10.7 Å². The van der Waals surface area contributed by atoms with Gasteiger partial charge in [-0.3, -0.25) is 4.79 Å². The van der Waals surface area contributed by atoms with Gasteiger partial charge in [0, 0.05) is 7.05 Å². The number of hydrogen-bond donors (Lipinski definition) is 2. The number of aromatic nitrogens is 2. The fourth-order valence-electron chi connectivity index (χ4n) is 0.833. The minimum atomic E-state index is -0.427. The summed E-state index contributed by atoms with van der Waals surface area (Å²) < 4.78 is 5.05. The van der Waals surface area contributed by atoms with Crippen molar-refractivity contribution in [1.82, 2.24) is 15.5 Å². The Balaban J connectivity index is 2.55. The molecule has 1 aromatic rings. The molecule has 0 aliphatic heterocycles. The minimum Gasteiger partial charge on any atom is -0.407 e. The monoisotopic (exact) mass is 218 g/mol. The summed E-state index contributed by atoms with van der Waals surface area (Å²) in [5.41, 5.74) is 0. The fourth-order valence-corrected chi connectivity index (χ4v) is 0.941. The third kappa shape index (κ3) is 2.59. The maximum Gasteiger partial charge on any atom is 0.316 e. The molecule has 0 aromatic carbocycles. The second-order valence-corrected chi connectivity index (χ2v) is 2.88. The number of halogens is 1. The zero-order valence-electron chi connectivity index (χ0n) is 7.87. The molecule has 0 aliphatic carbocycles. The Kier molecular flexibility index (Phi) is 3.70. The average molecular weight is 219 g/mol. The SMILES string of the molecule is CNC(=O)C(C)Nc1nnc(CCl)o1. The van der Waals surface area contributed by atoms with Crippen molar-refractivity contribution in [3.63, 3.8) is 0 Å². The van der Waals surface area contributed by atoms with E-state index in [0.29, 0.717) is 5.89 Å². The van der Waals surface area contributed by atoms with Gasteiger partial charge in [-0.1, -0.05) is 5.10 Å². The minimum absolute atomic E-state index is 0.156. The van der Waals surface area contributed by atoms with Gasteiger partial charge in [-0.25, -0.2) is 0 Å². The van der Waals surface area contributed by atoms with Crippen LogP contribution in [0.15, 0.2) is 4.42 Å². The molecule has 1 rings (SSSR count). The van der Waals surface area contributed by atoms with Crippen LogP contribution in [0.4, 0.5) is 6.01 Å². The molecule has 1 aromatic heterocycles. The molecule has 0 saturated heterocycles. The molecule has 1 heterocycles. The van der Waals surface area contributed by atoms with Crippen LogP contribution < -0.4 is 10.6 Å². The molecule has 0 fully saturated rings. The smallest absolute Gasteiger partial charge is 0.316 e. The Labute approximate surface area is 86.0 Å². The number of anilines is 1. The third-order valence-electron chi connectivity index (χ3n) is 1.56. The van der Waals surface area contributed by atoms with E-state index in [1.165, 1.54) is 0 Å². The number of hydrogen-bond acceptors (Lipinski definition) is 5. The molecule has 1 unspecified atom stereocenters. The van der Waals surface area contributed by atoms with E-state index in [2.05, 4.69) is 20.8 Å². The van der Waals surface area contributed by atoms with Gasteiger partial charge in [0.1, 0.15) is 11.9 Å². The van der Waals surface area contributed by atoms with Gasteiger partial charge in [0.05, 0.1) is 0 Å². The molecular formula is C7H11ClN4O2. The zero-order valence-corrected chi connectivity index (χ0v) is 8.63. The van der Waals surface area contributed by atoms with Gasteiger partial charge in [0.2, 0.25) is 11.8 Å². The van der Waals surface area contributed by atoms with Gasteiger partial charge in [-0.2, -0.15) is 0 Å². The Morgan fingerprint density at radius 1 is 1.64 bits per heavy atom. The van der Waals surface area contributed by atoms with E-state index in [9.17, 15) is 4.79 Å². The molecule has 0 saturated carbocycles. The highest BCUT2D eigenvalue weighted by Crippen LogP contribution is 2.08. The van der Waals surface area contributed by atoms with Crippen molar-refractivity contribution in [2.75, 3.05) is 12.4 Å². The average Bonchev–Trinajstić information content (AvgIpc) is 2.64. The van der Waals surface area contributed by atoms with Crippen molar-refractivity contribution >= 4 is 23.5 Å². The number of amides is 1. The Hall–Kier alpha value is -1.30. The fraction of sp³-hybridized carbons (Fsp3) is 0.571. The van der Waals surface area contributed by atoms with Gasteiger partial charge < -0.3 is 15.1 Å². The first-order valence-electron chi connectivity index (χ1n) is 4.04. The molecule has 1 amide bonds. The predicted octanol–water partition coefficient (Wildman–Crippen LogP) is 0.355. The Bertz CT molecular complexity index is 314. The highest BCUT2D eigenvalue weighted by atomic mass is 35.5. The summed E-state index contributed by atoms with van der Waals surface area (Å²) in [4.78, 5) is 11.1. The van der Waals surface area contributed by atoms with E-state index in [1.54, 1.807) is 14.0 Å². The molecule has 0 bridgehead atoms. The van der Waals surface area contributed by atoms with E-state index < -0.39 is 6.04 Å². The number of nitrogens with zero attached hydrogens (tertiary/aromatic N) is 2. The highest BCUT2D eigenvalue weighted by molar-refractivity contribution is 6.16. The van der Waals surface area contributed by atoms with Crippen LogP contribution in [-0.4, -0.2) is 29.2 Å². The van der Waals surface area contributed by atoms with Crippen molar-refractivity contribution in [2.24, 2.45) is 0 Å². The van der Waals surface area contributed by atoms with E-state index in [-0.39, 0.29) is 17.8 Å². The first-order valence-corrected chi connectivity index (χ1v) is 4.57. The van der Waals surface area contributed by atoms with Crippen LogP contribution >= 0.6 is 11.6 Å². The lowest BCUT2D eigenvalue weighted by molar-refractivity contribution is -0.121. The van der Waals surface area contributed by atoms with Crippen LogP contribution in [0.1, 0.15) is 12.8 Å². The molecule has 2 N–H and O–H groups in total. The van der Waals surface area contributed by atoms with Crippen molar-refractivity contribution in [1.29, 1.82) is 0 Å². The lowest BCUT2D eigenvalue weighted by Crippen LogP contribution is -2.35. The van der Waals surface area contributed by atoms with Gasteiger partial charge in [0.15, 0.2) is 0 Å². The summed E-state index contributed by atoms with van der Waals surface area (Å²) in [6, 6.07) is -0.236. The second kappa shape index (κ2) is 4.80. The molecule has 0 spiro atoms. The molecule has 14 heavy (non-hydrogen) atoms. The van der Waals surface area contributed by atoms with Crippen molar-refractivity contribution in [2.45, 2.75) is 18.8 Å². The van der Waals surface area contributed by atoms with Gasteiger partial charge >= 0.3 is 6.01 Å². The molecule has 0 aliphatic rings. The largest absolute Gasteiger partial charge is 0.407 e. The lowest BCUT2D eigenvalue weighted by atomic mass is 10.3. The van der Waals surface area contributed by atoms with Crippen molar-refractivity contribution in [3.8, 4) is 0 Å². The number of carbonyl (C=O) groups excluding carboxylic acids is 1. The third-order valence-corrected chi connectivity index (χ3v) is 1.79. The number of carbonyl (C=O) groups is 1. The molecule has 1 atom stereocenters. The number of alkyl halides is 1. The number of rotatable bonds is 4. The number of nitrogens with one attached hydrogen (secondary N) is 2. The molecule has 6 nitrogen and oxygen atoms in total. The van der Waals surface area contributed by atoms with E-state index in [4.69, 9.17) is 16.0 Å². The van der Waals surface area contributed by atoms with Crippen LogP contribution in [0.2, 0.25) is 0 Å². The summed E-state index contributed by atoms with van der Waals surface area (Å²) in [6.45, 7) is 1.68. The Morgan fingerprint density at radius 2 is 2.36 bits per heavy atom. The number of likely N-dealkylation sites (N-methyl/N-ethyl adjacent to an activating group) is 1. The summed E-state index contributed by atoms with van der Waals surface area (Å²) in [6.07, 6.45) is 0. The first kappa shape index (κ1) is 10.8. The van der Waals surface area contributed by atoms with Crippen LogP contribution in [0, 0.1) is 0 Å².